The summed E-state index contributed by atoms with van der Waals surface area (Å²) in [5.41, 5.74) is 7.22. The van der Waals surface area contributed by atoms with E-state index in [9.17, 15) is 27.6 Å². The van der Waals surface area contributed by atoms with E-state index in [2.05, 4.69) is 43.5 Å². The summed E-state index contributed by atoms with van der Waals surface area (Å²) in [6.45, 7) is 6.72. The molecule has 0 saturated carbocycles. The Morgan fingerprint density at radius 3 is 2.05 bits per heavy atom. The molecule has 1 unspecified atom stereocenters. The average molecular weight is 603 g/mol. The largest absolute Gasteiger partial charge is 0.474 e. The first-order valence-corrected chi connectivity index (χ1v) is 14.1. The van der Waals surface area contributed by atoms with Crippen molar-refractivity contribution in [2.75, 3.05) is 6.54 Å². The van der Waals surface area contributed by atoms with Gasteiger partial charge >= 0.3 is 18.1 Å². The van der Waals surface area contributed by atoms with E-state index in [4.69, 9.17) is 5.11 Å². The molecule has 4 aromatic carbocycles. The summed E-state index contributed by atoms with van der Waals surface area (Å²) in [7, 11) is 0. The summed E-state index contributed by atoms with van der Waals surface area (Å²) in [5.74, 6) is -3.13. The van der Waals surface area contributed by atoms with Gasteiger partial charge in [-0.15, -0.1) is 0 Å². The maximum absolute atomic E-state index is 13.0. The molecule has 6 nitrogen and oxygen atoms in total. The van der Waals surface area contributed by atoms with Crippen LogP contribution >= 0.6 is 0 Å². The first-order chi connectivity index (χ1) is 20.8. The number of carboxylic acid groups (broad SMARTS) is 1. The minimum absolute atomic E-state index is 0.146. The Morgan fingerprint density at radius 2 is 1.45 bits per heavy atom. The molecule has 228 valence electrons. The molecular weight excluding hydrogens is 569 g/mol. The zero-order chi connectivity index (χ0) is 32.0. The van der Waals surface area contributed by atoms with Crippen LogP contribution in [0.2, 0.25) is 0 Å². The van der Waals surface area contributed by atoms with E-state index in [1.165, 1.54) is 34.4 Å². The highest BCUT2D eigenvalue weighted by atomic mass is 19.4. The van der Waals surface area contributed by atoms with Crippen LogP contribution in [-0.2, 0) is 28.6 Å². The summed E-state index contributed by atoms with van der Waals surface area (Å²) >= 11 is 0. The van der Waals surface area contributed by atoms with Gasteiger partial charge in [-0.2, -0.15) is 13.2 Å². The summed E-state index contributed by atoms with van der Waals surface area (Å²) in [5, 5.41) is 14.4. The van der Waals surface area contributed by atoms with Crippen molar-refractivity contribution >= 4 is 17.8 Å². The van der Waals surface area contributed by atoms with E-state index in [0.29, 0.717) is 17.7 Å². The van der Waals surface area contributed by atoms with E-state index >= 15 is 0 Å². The molecule has 0 bridgehead atoms. The van der Waals surface area contributed by atoms with Crippen LogP contribution in [0.1, 0.15) is 55.3 Å². The van der Waals surface area contributed by atoms with Crippen LogP contribution in [0.5, 0.6) is 0 Å². The van der Waals surface area contributed by atoms with Gasteiger partial charge in [-0.25, -0.2) is 4.79 Å². The summed E-state index contributed by atoms with van der Waals surface area (Å²) in [6.07, 6.45) is -3.65. The van der Waals surface area contributed by atoms with E-state index in [1.54, 1.807) is 30.3 Å². The molecular formula is C35H33F3N2O4. The van der Waals surface area contributed by atoms with Crippen molar-refractivity contribution in [2.45, 2.75) is 45.8 Å². The zero-order valence-electron chi connectivity index (χ0n) is 24.6. The fourth-order valence-corrected chi connectivity index (χ4v) is 5.29. The molecule has 0 spiro atoms. The molecule has 0 aliphatic rings. The Morgan fingerprint density at radius 1 is 0.818 bits per heavy atom. The predicted molar refractivity (Wildman–Crippen MR) is 162 cm³/mol. The molecule has 0 saturated heterocycles. The van der Waals surface area contributed by atoms with Crippen LogP contribution in [0, 0.1) is 20.8 Å². The number of carboxylic acids is 1. The van der Waals surface area contributed by atoms with Crippen LogP contribution in [0.3, 0.4) is 0 Å². The number of aryl methyl sites for hydroxylation is 3. The Kier molecular flexibility index (Phi) is 9.88. The standard InChI is InChI=1S/C35H33F3N2O4/c1-21-17-22(2)30(23(3)18-21)15-16-39-32(41)28-6-4-5-27(20-28)25-9-7-24(8-10-25)19-31(40-33(42)34(43)44)26-11-13-29(14-12-26)35(36,37)38/h4-14,17-18,20,31H,15-16,19H2,1-3H3,(H,39,41)(H,40,42)(H,43,44). The molecule has 0 aliphatic heterocycles. The van der Waals surface area contributed by atoms with Crippen LogP contribution in [-0.4, -0.2) is 29.4 Å². The van der Waals surface area contributed by atoms with Gasteiger partial charge < -0.3 is 15.7 Å². The maximum Gasteiger partial charge on any atom is 0.416 e. The molecule has 4 rings (SSSR count). The normalized spacial score (nSPS) is 12.0. The topological polar surface area (TPSA) is 95.5 Å². The smallest absolute Gasteiger partial charge is 0.416 e. The van der Waals surface area contributed by atoms with Crippen molar-refractivity contribution in [3.63, 3.8) is 0 Å². The van der Waals surface area contributed by atoms with Gasteiger partial charge in [0.15, 0.2) is 0 Å². The van der Waals surface area contributed by atoms with Crippen molar-refractivity contribution in [3.05, 3.63) is 129 Å². The molecule has 3 N–H and O–H groups in total. The van der Waals surface area contributed by atoms with Crippen LogP contribution in [0.15, 0.2) is 84.9 Å². The highest BCUT2D eigenvalue weighted by Crippen LogP contribution is 2.31. The lowest BCUT2D eigenvalue weighted by Crippen LogP contribution is -2.35. The molecule has 0 heterocycles. The Balaban J connectivity index is 1.45. The Hall–Kier alpha value is -4.92. The second-order valence-electron chi connectivity index (χ2n) is 10.8. The SMILES string of the molecule is Cc1cc(C)c(CCNC(=O)c2cccc(-c3ccc(CC(NC(=O)C(=O)O)c4ccc(C(F)(F)F)cc4)cc3)c2)c(C)c1. The maximum atomic E-state index is 13.0. The Labute approximate surface area is 253 Å². The lowest BCUT2D eigenvalue weighted by Gasteiger charge is -2.19. The van der Waals surface area contributed by atoms with E-state index in [1.807, 2.05) is 18.2 Å². The predicted octanol–water partition coefficient (Wildman–Crippen LogP) is 6.75. The van der Waals surface area contributed by atoms with E-state index < -0.39 is 29.7 Å². The number of hydrogen-bond acceptors (Lipinski definition) is 3. The molecule has 4 aromatic rings. The van der Waals surface area contributed by atoms with Gasteiger partial charge in [-0.1, -0.05) is 66.2 Å². The number of carbonyl (C=O) groups is 3. The van der Waals surface area contributed by atoms with Gasteiger partial charge in [0.05, 0.1) is 11.6 Å². The number of carbonyl (C=O) groups excluding carboxylic acids is 2. The summed E-state index contributed by atoms with van der Waals surface area (Å²) < 4.78 is 39.1. The molecule has 44 heavy (non-hydrogen) atoms. The minimum atomic E-state index is -4.52. The third-order valence-corrected chi connectivity index (χ3v) is 7.49. The number of amides is 2. The van der Waals surface area contributed by atoms with Crippen LogP contribution in [0.4, 0.5) is 13.2 Å². The van der Waals surface area contributed by atoms with Crippen LogP contribution < -0.4 is 10.6 Å². The number of benzene rings is 4. The molecule has 0 aromatic heterocycles. The quantitative estimate of drug-likeness (QED) is 0.185. The zero-order valence-corrected chi connectivity index (χ0v) is 24.6. The number of aliphatic carboxylic acids is 1. The first-order valence-electron chi connectivity index (χ1n) is 14.1. The summed E-state index contributed by atoms with van der Waals surface area (Å²) in [6, 6.07) is 22.1. The highest BCUT2D eigenvalue weighted by molar-refractivity contribution is 6.31. The number of nitrogens with one attached hydrogen (secondary N) is 2. The Bertz CT molecular complexity index is 1640. The molecule has 0 aliphatic carbocycles. The second-order valence-corrected chi connectivity index (χ2v) is 10.8. The number of halogens is 3. The van der Waals surface area contributed by atoms with Gasteiger partial charge in [-0.3, -0.25) is 9.59 Å². The average Bonchev–Trinajstić information content (AvgIpc) is 2.98. The molecule has 0 fully saturated rings. The molecule has 0 radical (unpaired) electrons. The fourth-order valence-electron chi connectivity index (χ4n) is 5.29. The van der Waals surface area contributed by atoms with Crippen molar-refractivity contribution < 1.29 is 32.7 Å². The summed E-state index contributed by atoms with van der Waals surface area (Å²) in [4.78, 5) is 36.0. The molecule has 1 atom stereocenters. The van der Waals surface area contributed by atoms with Crippen LogP contribution in [0.25, 0.3) is 11.1 Å². The number of alkyl halides is 3. The minimum Gasteiger partial charge on any atom is -0.474 e. The first kappa shape index (κ1) is 32.0. The highest BCUT2D eigenvalue weighted by Gasteiger charge is 2.30. The third-order valence-electron chi connectivity index (χ3n) is 7.49. The van der Waals surface area contributed by atoms with Crippen molar-refractivity contribution in [1.29, 1.82) is 0 Å². The molecule has 2 amide bonds. The van der Waals surface area contributed by atoms with Gasteiger partial charge in [0.1, 0.15) is 0 Å². The van der Waals surface area contributed by atoms with Crippen molar-refractivity contribution in [3.8, 4) is 11.1 Å². The van der Waals surface area contributed by atoms with Gasteiger partial charge in [0.25, 0.3) is 5.91 Å². The third kappa shape index (κ3) is 8.12. The van der Waals surface area contributed by atoms with Gasteiger partial charge in [0, 0.05) is 12.1 Å². The monoisotopic (exact) mass is 602 g/mol. The van der Waals surface area contributed by atoms with E-state index in [-0.39, 0.29) is 12.3 Å². The lowest BCUT2D eigenvalue weighted by molar-refractivity contribution is -0.150. The molecule has 9 heteroatoms. The van der Waals surface area contributed by atoms with Gasteiger partial charge in [-0.05, 0) is 96.8 Å². The second kappa shape index (κ2) is 13.6. The van der Waals surface area contributed by atoms with Crippen molar-refractivity contribution in [1.82, 2.24) is 10.6 Å². The van der Waals surface area contributed by atoms with Gasteiger partial charge in [0.2, 0.25) is 0 Å². The number of hydrogen-bond donors (Lipinski definition) is 3. The fraction of sp³-hybridized carbons (Fsp3) is 0.229. The lowest BCUT2D eigenvalue weighted by atomic mass is 9.95. The van der Waals surface area contributed by atoms with E-state index in [0.717, 1.165) is 35.2 Å². The van der Waals surface area contributed by atoms with Crippen molar-refractivity contribution in [2.24, 2.45) is 0 Å². The number of rotatable bonds is 9.